The fraction of sp³-hybridized carbons (Fsp3) is 0. The summed E-state index contributed by atoms with van der Waals surface area (Å²) in [4.78, 5) is 24.8. The maximum absolute atomic E-state index is 5.35. The number of hydrogen-bond donors (Lipinski definition) is 0. The van der Waals surface area contributed by atoms with Crippen LogP contribution in [0.1, 0.15) is 0 Å². The highest BCUT2D eigenvalue weighted by atomic mass is 14.8. The SMILES string of the molecule is c1ccc(-c2cc(-c3ccc(-c4nc5ccccc5c5ccc6nc(-c7ccc(-c8ccc9ccc%10cccc%11ccc8c9c%10%11)cc7)ccc6c45)cc3)cc(-c3ccccn3)n2)nc1. The van der Waals surface area contributed by atoms with Crippen molar-refractivity contribution in [1.82, 2.24) is 24.9 Å². The quantitative estimate of drug-likeness (QED) is 0.156. The van der Waals surface area contributed by atoms with Gasteiger partial charge >= 0.3 is 0 Å². The fourth-order valence-electron chi connectivity index (χ4n) is 9.64. The van der Waals surface area contributed by atoms with Crippen molar-refractivity contribution in [2.24, 2.45) is 0 Å². The molecular formula is C59H35N5. The van der Waals surface area contributed by atoms with Crippen LogP contribution in [0.5, 0.6) is 0 Å². The Bertz CT molecular complexity index is 3850. The van der Waals surface area contributed by atoms with Crippen molar-refractivity contribution in [3.63, 3.8) is 0 Å². The van der Waals surface area contributed by atoms with Gasteiger partial charge in [0.05, 0.1) is 45.2 Å². The summed E-state index contributed by atoms with van der Waals surface area (Å²) in [6.07, 6.45) is 3.60. The van der Waals surface area contributed by atoms with Crippen LogP contribution in [0.15, 0.2) is 213 Å². The van der Waals surface area contributed by atoms with E-state index in [0.29, 0.717) is 0 Å². The van der Waals surface area contributed by atoms with Crippen molar-refractivity contribution in [3.8, 4) is 67.5 Å². The summed E-state index contributed by atoms with van der Waals surface area (Å²) in [6, 6.07) is 70.8. The van der Waals surface area contributed by atoms with Gasteiger partial charge in [0.15, 0.2) is 0 Å². The Kier molecular flexibility index (Phi) is 8.15. The maximum atomic E-state index is 5.35. The third-order valence-electron chi connectivity index (χ3n) is 12.7. The van der Waals surface area contributed by atoms with E-state index in [2.05, 4.69) is 174 Å². The highest BCUT2D eigenvalue weighted by Gasteiger charge is 2.17. The highest BCUT2D eigenvalue weighted by molar-refractivity contribution is 6.25. The first-order chi connectivity index (χ1) is 31.7. The summed E-state index contributed by atoms with van der Waals surface area (Å²) in [7, 11) is 0. The van der Waals surface area contributed by atoms with Gasteiger partial charge in [-0.15, -0.1) is 0 Å². The number of pyridine rings is 5. The van der Waals surface area contributed by atoms with E-state index in [0.717, 1.165) is 89.0 Å². The summed E-state index contributed by atoms with van der Waals surface area (Å²) >= 11 is 0. The van der Waals surface area contributed by atoms with E-state index >= 15 is 0 Å². The van der Waals surface area contributed by atoms with Gasteiger partial charge in [-0.1, -0.05) is 140 Å². The second-order valence-corrected chi connectivity index (χ2v) is 16.4. The van der Waals surface area contributed by atoms with Crippen LogP contribution < -0.4 is 0 Å². The Morgan fingerprint density at radius 1 is 0.266 bits per heavy atom. The van der Waals surface area contributed by atoms with E-state index in [9.17, 15) is 0 Å². The molecule has 5 aromatic heterocycles. The summed E-state index contributed by atoms with van der Waals surface area (Å²) in [5.41, 5.74) is 13.6. The predicted octanol–water partition coefficient (Wildman–Crippen LogP) is 15.0. The van der Waals surface area contributed by atoms with E-state index in [-0.39, 0.29) is 0 Å². The zero-order valence-electron chi connectivity index (χ0n) is 34.4. The van der Waals surface area contributed by atoms with Gasteiger partial charge in [-0.25, -0.2) is 15.0 Å². The van der Waals surface area contributed by atoms with Crippen LogP contribution in [-0.2, 0) is 0 Å². The average Bonchev–Trinajstić information content (AvgIpc) is 3.38. The van der Waals surface area contributed by atoms with Crippen molar-refractivity contribution in [2.45, 2.75) is 0 Å². The Morgan fingerprint density at radius 3 is 1.59 bits per heavy atom. The first-order valence-electron chi connectivity index (χ1n) is 21.6. The minimum absolute atomic E-state index is 0.795. The number of rotatable bonds is 6. The molecule has 0 atom stereocenters. The lowest BCUT2D eigenvalue weighted by molar-refractivity contribution is 1.22. The van der Waals surface area contributed by atoms with Crippen LogP contribution in [0.4, 0.5) is 0 Å². The normalized spacial score (nSPS) is 11.8. The van der Waals surface area contributed by atoms with E-state index in [1.54, 1.807) is 12.4 Å². The van der Waals surface area contributed by atoms with Crippen molar-refractivity contribution in [2.75, 3.05) is 0 Å². The molecule has 64 heavy (non-hydrogen) atoms. The van der Waals surface area contributed by atoms with Gasteiger partial charge in [0.2, 0.25) is 0 Å². The monoisotopic (exact) mass is 813 g/mol. The number of aromatic nitrogens is 5. The second kappa shape index (κ2) is 14.5. The fourth-order valence-corrected chi connectivity index (χ4v) is 9.64. The molecule has 5 nitrogen and oxygen atoms in total. The summed E-state index contributed by atoms with van der Waals surface area (Å²) in [5, 5.41) is 12.2. The topological polar surface area (TPSA) is 64.5 Å². The Morgan fingerprint density at radius 2 is 0.859 bits per heavy atom. The molecule has 13 rings (SSSR count). The van der Waals surface area contributed by atoms with Crippen LogP contribution in [0.3, 0.4) is 0 Å². The summed E-state index contributed by atoms with van der Waals surface area (Å²) in [6.45, 7) is 0. The molecule has 0 radical (unpaired) electrons. The summed E-state index contributed by atoms with van der Waals surface area (Å²) in [5.74, 6) is 0. The van der Waals surface area contributed by atoms with Gasteiger partial charge in [-0.2, -0.15) is 0 Å². The lowest BCUT2D eigenvalue weighted by atomic mass is 9.89. The molecule has 5 heterocycles. The maximum Gasteiger partial charge on any atom is 0.0900 e. The second-order valence-electron chi connectivity index (χ2n) is 16.4. The van der Waals surface area contributed by atoms with Gasteiger partial charge < -0.3 is 0 Å². The minimum atomic E-state index is 0.795. The number of para-hydroxylation sites is 1. The van der Waals surface area contributed by atoms with E-state index in [1.807, 2.05) is 36.4 Å². The van der Waals surface area contributed by atoms with Crippen LogP contribution >= 0.6 is 0 Å². The molecular weight excluding hydrogens is 779 g/mol. The Hall–Kier alpha value is -8.67. The van der Waals surface area contributed by atoms with Crippen LogP contribution in [0.25, 0.3) is 132 Å². The molecule has 296 valence electrons. The zero-order chi connectivity index (χ0) is 42.1. The largest absolute Gasteiger partial charge is 0.255 e. The molecule has 0 amide bonds. The van der Waals surface area contributed by atoms with Crippen molar-refractivity contribution in [1.29, 1.82) is 0 Å². The number of fused-ring (bicyclic) bond motifs is 5. The summed E-state index contributed by atoms with van der Waals surface area (Å²) < 4.78 is 0. The number of nitrogens with zero attached hydrogens (tertiary/aromatic N) is 5. The Labute approximate surface area is 368 Å². The lowest BCUT2D eigenvalue weighted by Gasteiger charge is -2.15. The van der Waals surface area contributed by atoms with Crippen LogP contribution in [-0.4, -0.2) is 24.9 Å². The molecule has 0 bridgehead atoms. The first-order valence-corrected chi connectivity index (χ1v) is 21.6. The average molecular weight is 814 g/mol. The lowest BCUT2D eigenvalue weighted by Crippen LogP contribution is -1.94. The molecule has 0 spiro atoms. The van der Waals surface area contributed by atoms with E-state index in [1.165, 1.54) is 43.4 Å². The molecule has 0 saturated carbocycles. The smallest absolute Gasteiger partial charge is 0.0900 e. The third-order valence-corrected chi connectivity index (χ3v) is 12.7. The molecule has 5 heteroatoms. The third kappa shape index (κ3) is 5.90. The van der Waals surface area contributed by atoms with E-state index in [4.69, 9.17) is 15.0 Å². The van der Waals surface area contributed by atoms with Gasteiger partial charge in [0.25, 0.3) is 0 Å². The molecule has 0 N–H and O–H groups in total. The molecule has 0 aliphatic carbocycles. The van der Waals surface area contributed by atoms with Crippen LogP contribution in [0.2, 0.25) is 0 Å². The van der Waals surface area contributed by atoms with Gasteiger partial charge in [0, 0.05) is 39.7 Å². The molecule has 8 aromatic carbocycles. The van der Waals surface area contributed by atoms with Gasteiger partial charge in [0.1, 0.15) is 0 Å². The molecule has 0 fully saturated rings. The first kappa shape index (κ1) is 36.0. The molecule has 13 aromatic rings. The van der Waals surface area contributed by atoms with Gasteiger partial charge in [-0.05, 0) is 121 Å². The molecule has 0 saturated heterocycles. The van der Waals surface area contributed by atoms with Crippen molar-refractivity contribution >= 4 is 64.9 Å². The molecule has 0 aliphatic rings. The minimum Gasteiger partial charge on any atom is -0.255 e. The van der Waals surface area contributed by atoms with E-state index < -0.39 is 0 Å². The predicted molar refractivity (Wildman–Crippen MR) is 264 cm³/mol. The standard InChI is InChI=1S/C59H35N5/c1-2-11-50-45(10-1)47-28-31-51-48(29-30-49(62-51)38-18-16-37(17-19-38)44-26-24-41-21-20-39-8-7-9-40-25-27-46(44)57(41)56(39)40)58(47)59(64-50)42-22-14-36(15-23-42)43-34-54(52-12-3-5-32-60-52)63-55(35-43)53-13-4-6-33-61-53/h1-35H. The molecule has 0 unspecified atom stereocenters. The highest BCUT2D eigenvalue weighted by Crippen LogP contribution is 2.41. The number of benzene rings is 8. The number of hydrogen-bond acceptors (Lipinski definition) is 5. The van der Waals surface area contributed by atoms with Crippen molar-refractivity contribution < 1.29 is 0 Å². The Balaban J connectivity index is 0.892. The van der Waals surface area contributed by atoms with Crippen LogP contribution in [0, 0.1) is 0 Å². The zero-order valence-corrected chi connectivity index (χ0v) is 34.4. The van der Waals surface area contributed by atoms with Crippen molar-refractivity contribution in [3.05, 3.63) is 213 Å². The van der Waals surface area contributed by atoms with Gasteiger partial charge in [-0.3, -0.25) is 9.97 Å². The molecule has 0 aliphatic heterocycles.